The van der Waals surface area contributed by atoms with Crippen LogP contribution in [-0.2, 0) is 7.05 Å². The molecule has 0 fully saturated rings. The number of nitrogens with zero attached hydrogens (tertiary/aromatic N) is 1. The molecule has 4 aromatic rings. The number of hydrogen-bond acceptors (Lipinski definition) is 2. The second-order valence-electron chi connectivity index (χ2n) is 5.80. The zero-order valence-corrected chi connectivity index (χ0v) is 12.8. The van der Waals surface area contributed by atoms with Gasteiger partial charge in [-0.2, -0.15) is 0 Å². The zero-order chi connectivity index (χ0) is 16.0. The fourth-order valence-corrected chi connectivity index (χ4v) is 3.20. The van der Waals surface area contributed by atoms with Crippen molar-refractivity contribution >= 4 is 34.4 Å². The third kappa shape index (κ3) is 2.24. The number of benzene rings is 3. The molecular formula is C19H16BNO2. The first-order valence-corrected chi connectivity index (χ1v) is 7.59. The van der Waals surface area contributed by atoms with Crippen LogP contribution in [0.1, 0.15) is 0 Å². The van der Waals surface area contributed by atoms with E-state index in [1.807, 2.05) is 12.1 Å². The van der Waals surface area contributed by atoms with Crippen LogP contribution in [0.3, 0.4) is 0 Å². The Bertz CT molecular complexity index is 1000. The van der Waals surface area contributed by atoms with Gasteiger partial charge in [-0.3, -0.25) is 0 Å². The Hall–Kier alpha value is -2.56. The molecule has 3 nitrogen and oxygen atoms in total. The lowest BCUT2D eigenvalue weighted by molar-refractivity contribution is 0.426. The van der Waals surface area contributed by atoms with E-state index in [1.165, 1.54) is 21.8 Å². The number of aromatic nitrogens is 1. The summed E-state index contributed by atoms with van der Waals surface area (Å²) < 4.78 is 2.21. The van der Waals surface area contributed by atoms with Gasteiger partial charge in [-0.05, 0) is 34.8 Å². The van der Waals surface area contributed by atoms with Gasteiger partial charge in [-0.25, -0.2) is 0 Å². The maximum atomic E-state index is 9.20. The van der Waals surface area contributed by atoms with Crippen molar-refractivity contribution in [1.82, 2.24) is 4.57 Å². The molecule has 1 aromatic heterocycles. The van der Waals surface area contributed by atoms with Gasteiger partial charge in [-0.1, -0.05) is 48.5 Å². The van der Waals surface area contributed by atoms with E-state index in [-0.39, 0.29) is 0 Å². The molecule has 1 heterocycles. The van der Waals surface area contributed by atoms with Gasteiger partial charge in [0.05, 0.1) is 0 Å². The third-order valence-electron chi connectivity index (χ3n) is 4.46. The molecule has 0 aliphatic carbocycles. The molecule has 3 aromatic carbocycles. The van der Waals surface area contributed by atoms with Crippen LogP contribution in [0.2, 0.25) is 0 Å². The van der Waals surface area contributed by atoms with E-state index in [1.54, 1.807) is 12.1 Å². The first-order chi connectivity index (χ1) is 11.1. The minimum Gasteiger partial charge on any atom is -0.423 e. The quantitative estimate of drug-likeness (QED) is 0.559. The highest BCUT2D eigenvalue weighted by Gasteiger charge is 2.11. The average molecular weight is 301 g/mol. The minimum absolute atomic E-state index is 0.500. The lowest BCUT2D eigenvalue weighted by atomic mass is 9.80. The molecular weight excluding hydrogens is 285 g/mol. The molecule has 0 radical (unpaired) electrons. The summed E-state index contributed by atoms with van der Waals surface area (Å²) in [6, 6.07) is 22.2. The molecule has 4 heteroatoms. The number of para-hydroxylation sites is 1. The van der Waals surface area contributed by atoms with Crippen molar-refractivity contribution in [3.63, 3.8) is 0 Å². The summed E-state index contributed by atoms with van der Waals surface area (Å²) >= 11 is 0. The normalized spacial score (nSPS) is 11.3. The van der Waals surface area contributed by atoms with E-state index in [9.17, 15) is 10.0 Å². The molecule has 0 aliphatic rings. The molecule has 23 heavy (non-hydrogen) atoms. The second-order valence-corrected chi connectivity index (χ2v) is 5.80. The summed E-state index contributed by atoms with van der Waals surface area (Å²) in [6.45, 7) is 0. The third-order valence-corrected chi connectivity index (χ3v) is 4.46. The number of rotatable bonds is 2. The molecule has 2 N–H and O–H groups in total. The van der Waals surface area contributed by atoms with Crippen LogP contribution in [0, 0.1) is 0 Å². The van der Waals surface area contributed by atoms with E-state index in [0.717, 1.165) is 11.1 Å². The van der Waals surface area contributed by atoms with Gasteiger partial charge in [0.2, 0.25) is 0 Å². The molecule has 0 aliphatic heterocycles. The summed E-state index contributed by atoms with van der Waals surface area (Å²) in [7, 11) is 0.659. The number of hydrogen-bond donors (Lipinski definition) is 2. The summed E-state index contributed by atoms with van der Waals surface area (Å²) in [5, 5.41) is 20.9. The molecule has 0 bridgehead atoms. The van der Waals surface area contributed by atoms with E-state index in [2.05, 4.69) is 54.1 Å². The predicted octanol–water partition coefficient (Wildman–Crippen LogP) is 2.68. The Balaban J connectivity index is 1.90. The highest BCUT2D eigenvalue weighted by atomic mass is 16.4. The zero-order valence-electron chi connectivity index (χ0n) is 12.8. The van der Waals surface area contributed by atoms with Crippen molar-refractivity contribution in [3.8, 4) is 11.1 Å². The Morgan fingerprint density at radius 3 is 2.13 bits per heavy atom. The van der Waals surface area contributed by atoms with E-state index < -0.39 is 7.12 Å². The first-order valence-electron chi connectivity index (χ1n) is 7.59. The van der Waals surface area contributed by atoms with E-state index in [0.29, 0.717) is 5.46 Å². The molecule has 112 valence electrons. The smallest absolute Gasteiger partial charge is 0.423 e. The molecule has 4 rings (SSSR count). The van der Waals surface area contributed by atoms with Gasteiger partial charge in [0.1, 0.15) is 0 Å². The summed E-state index contributed by atoms with van der Waals surface area (Å²) in [5.41, 5.74) is 5.10. The van der Waals surface area contributed by atoms with Gasteiger partial charge in [-0.15, -0.1) is 0 Å². The maximum absolute atomic E-state index is 9.20. The van der Waals surface area contributed by atoms with Crippen molar-refractivity contribution in [3.05, 3.63) is 66.7 Å². The SMILES string of the molecule is Cn1c2ccccc2c2cc(-c3ccc(B(O)O)cc3)ccc21. The molecule has 0 unspecified atom stereocenters. The molecule has 0 spiro atoms. The lowest BCUT2D eigenvalue weighted by Gasteiger charge is -2.05. The monoisotopic (exact) mass is 301 g/mol. The Morgan fingerprint density at radius 1 is 0.739 bits per heavy atom. The van der Waals surface area contributed by atoms with Crippen LogP contribution in [0.15, 0.2) is 66.7 Å². The van der Waals surface area contributed by atoms with Gasteiger partial charge < -0.3 is 14.6 Å². The van der Waals surface area contributed by atoms with Crippen molar-refractivity contribution < 1.29 is 10.0 Å². The van der Waals surface area contributed by atoms with Gasteiger partial charge in [0, 0.05) is 28.9 Å². The van der Waals surface area contributed by atoms with Crippen LogP contribution < -0.4 is 5.46 Å². The predicted molar refractivity (Wildman–Crippen MR) is 95.7 cm³/mol. The van der Waals surface area contributed by atoms with Crippen LogP contribution in [0.4, 0.5) is 0 Å². The first kappa shape index (κ1) is 14.1. The van der Waals surface area contributed by atoms with E-state index in [4.69, 9.17) is 0 Å². The highest BCUT2D eigenvalue weighted by molar-refractivity contribution is 6.58. The Morgan fingerprint density at radius 2 is 1.39 bits per heavy atom. The minimum atomic E-state index is -1.43. The largest absolute Gasteiger partial charge is 0.488 e. The summed E-state index contributed by atoms with van der Waals surface area (Å²) in [6.07, 6.45) is 0. The molecule has 0 amide bonds. The van der Waals surface area contributed by atoms with Crippen LogP contribution in [0.25, 0.3) is 32.9 Å². The number of fused-ring (bicyclic) bond motifs is 3. The molecule has 0 atom stereocenters. The van der Waals surface area contributed by atoms with Crippen molar-refractivity contribution in [2.45, 2.75) is 0 Å². The van der Waals surface area contributed by atoms with Crippen molar-refractivity contribution in [2.24, 2.45) is 7.05 Å². The Kier molecular flexibility index (Phi) is 3.22. The van der Waals surface area contributed by atoms with Crippen LogP contribution in [0.5, 0.6) is 0 Å². The van der Waals surface area contributed by atoms with Crippen molar-refractivity contribution in [1.29, 1.82) is 0 Å². The molecule has 0 saturated heterocycles. The van der Waals surface area contributed by atoms with Gasteiger partial charge >= 0.3 is 7.12 Å². The fourth-order valence-electron chi connectivity index (χ4n) is 3.20. The van der Waals surface area contributed by atoms with Crippen molar-refractivity contribution in [2.75, 3.05) is 0 Å². The highest BCUT2D eigenvalue weighted by Crippen LogP contribution is 2.31. The van der Waals surface area contributed by atoms with E-state index >= 15 is 0 Å². The Labute approximate surface area is 134 Å². The van der Waals surface area contributed by atoms with Gasteiger partial charge in [0.25, 0.3) is 0 Å². The summed E-state index contributed by atoms with van der Waals surface area (Å²) in [5.74, 6) is 0. The standard InChI is InChI=1S/C19H16BNO2/c1-21-18-5-3-2-4-16(18)17-12-14(8-11-19(17)21)13-6-9-15(10-7-13)20(22)23/h2-12,22-23H,1H3. The average Bonchev–Trinajstić information content (AvgIpc) is 2.88. The maximum Gasteiger partial charge on any atom is 0.488 e. The van der Waals surface area contributed by atoms with Crippen LogP contribution >= 0.6 is 0 Å². The lowest BCUT2D eigenvalue weighted by Crippen LogP contribution is -2.29. The summed E-state index contributed by atoms with van der Waals surface area (Å²) in [4.78, 5) is 0. The topological polar surface area (TPSA) is 45.4 Å². The fraction of sp³-hybridized carbons (Fsp3) is 0.0526. The number of aryl methyl sites for hydroxylation is 1. The van der Waals surface area contributed by atoms with Gasteiger partial charge in [0.15, 0.2) is 0 Å². The second kappa shape index (κ2) is 5.27. The molecule has 0 saturated carbocycles. The van der Waals surface area contributed by atoms with Crippen LogP contribution in [-0.4, -0.2) is 21.7 Å².